The van der Waals surface area contributed by atoms with E-state index in [4.69, 9.17) is 5.11 Å². The molecule has 1 rings (SSSR count). The third-order valence-corrected chi connectivity index (χ3v) is 2.16. The molecule has 0 aromatic heterocycles. The second kappa shape index (κ2) is 3.93. The molecule has 0 radical (unpaired) electrons. The largest absolute Gasteiger partial charge is 1.00 e. The van der Waals surface area contributed by atoms with Crippen molar-refractivity contribution in [1.29, 1.82) is 0 Å². The van der Waals surface area contributed by atoms with Crippen LogP contribution in [0.15, 0.2) is 0 Å². The summed E-state index contributed by atoms with van der Waals surface area (Å²) in [7, 11) is 2.02. The summed E-state index contributed by atoms with van der Waals surface area (Å²) >= 11 is 0. The molecule has 0 aromatic rings. The van der Waals surface area contributed by atoms with Crippen LogP contribution < -0.4 is 12.4 Å². The molecule has 1 aliphatic rings. The molecule has 1 fully saturated rings. The highest BCUT2D eigenvalue weighted by molar-refractivity contribution is 5.67. The van der Waals surface area contributed by atoms with Crippen LogP contribution in [0.1, 0.15) is 12.8 Å². The summed E-state index contributed by atoms with van der Waals surface area (Å²) in [6, 6.07) is 0. The number of hydrogen-bond donors (Lipinski definition) is 1. The fraction of sp³-hybridized carbons (Fsp3) is 0.857. The minimum Gasteiger partial charge on any atom is -1.00 e. The summed E-state index contributed by atoms with van der Waals surface area (Å²) < 4.78 is 0.731. The Morgan fingerprint density at radius 1 is 1.45 bits per heavy atom. The van der Waals surface area contributed by atoms with E-state index in [1.54, 1.807) is 0 Å². The minimum absolute atomic E-state index is 0. The minimum atomic E-state index is -0.676. The van der Waals surface area contributed by atoms with Gasteiger partial charge in [0.25, 0.3) is 0 Å². The first-order chi connectivity index (χ1) is 4.62. The molecular formula is C7H14ClNO2. The molecule has 0 bridgehead atoms. The van der Waals surface area contributed by atoms with Gasteiger partial charge >= 0.3 is 5.97 Å². The lowest BCUT2D eigenvalue weighted by atomic mass is 10.4. The van der Waals surface area contributed by atoms with Crippen molar-refractivity contribution in [1.82, 2.24) is 0 Å². The molecular weight excluding hydrogens is 166 g/mol. The second-order valence-corrected chi connectivity index (χ2v) is 3.33. The van der Waals surface area contributed by atoms with E-state index in [2.05, 4.69) is 0 Å². The van der Waals surface area contributed by atoms with Gasteiger partial charge in [-0.3, -0.25) is 0 Å². The standard InChI is InChI=1S/C7H13NO2.ClH/c1-8(6-7(9)10)4-2-3-5-8;/h2-6H2,1H3;1H. The average molecular weight is 180 g/mol. The lowest BCUT2D eigenvalue weighted by Crippen LogP contribution is -3.00. The Balaban J connectivity index is 0.000001000. The molecule has 11 heavy (non-hydrogen) atoms. The first-order valence-corrected chi connectivity index (χ1v) is 3.68. The van der Waals surface area contributed by atoms with E-state index in [-0.39, 0.29) is 12.4 Å². The zero-order valence-corrected chi connectivity index (χ0v) is 7.47. The topological polar surface area (TPSA) is 37.3 Å². The molecule has 0 aromatic carbocycles. The van der Waals surface area contributed by atoms with Crippen LogP contribution in [0.5, 0.6) is 0 Å². The quantitative estimate of drug-likeness (QED) is 0.469. The van der Waals surface area contributed by atoms with Crippen LogP contribution in [0.3, 0.4) is 0 Å². The number of quaternary nitrogens is 1. The van der Waals surface area contributed by atoms with Crippen LogP contribution in [0, 0.1) is 0 Å². The van der Waals surface area contributed by atoms with Crippen LogP contribution in [0.25, 0.3) is 0 Å². The second-order valence-electron chi connectivity index (χ2n) is 3.33. The molecule has 0 aliphatic carbocycles. The summed E-state index contributed by atoms with van der Waals surface area (Å²) in [4.78, 5) is 10.3. The number of carbonyl (C=O) groups is 1. The van der Waals surface area contributed by atoms with Gasteiger partial charge in [0.05, 0.1) is 20.1 Å². The van der Waals surface area contributed by atoms with Crippen LogP contribution in [0.4, 0.5) is 0 Å². The van der Waals surface area contributed by atoms with Gasteiger partial charge < -0.3 is 22.0 Å². The molecule has 1 N–H and O–H groups in total. The van der Waals surface area contributed by atoms with E-state index < -0.39 is 5.97 Å². The maximum atomic E-state index is 10.3. The molecule has 0 unspecified atom stereocenters. The molecule has 0 atom stereocenters. The monoisotopic (exact) mass is 179 g/mol. The number of aliphatic carboxylic acids is 1. The molecule has 0 amide bonds. The van der Waals surface area contributed by atoms with Crippen molar-refractivity contribution in [2.75, 3.05) is 26.7 Å². The highest BCUT2D eigenvalue weighted by Gasteiger charge is 2.28. The normalized spacial score (nSPS) is 20.8. The Kier molecular flexibility index (Phi) is 3.83. The van der Waals surface area contributed by atoms with Gasteiger partial charge in [-0.05, 0) is 0 Å². The maximum Gasteiger partial charge on any atom is 0.359 e. The highest BCUT2D eigenvalue weighted by atomic mass is 35.5. The van der Waals surface area contributed by atoms with Gasteiger partial charge in [-0.25, -0.2) is 4.79 Å². The third kappa shape index (κ3) is 3.08. The number of carboxylic acids is 1. The molecule has 0 spiro atoms. The van der Waals surface area contributed by atoms with Gasteiger partial charge in [-0.2, -0.15) is 0 Å². The first kappa shape index (κ1) is 10.7. The number of hydrogen-bond acceptors (Lipinski definition) is 1. The van der Waals surface area contributed by atoms with E-state index >= 15 is 0 Å². The number of nitrogens with zero attached hydrogens (tertiary/aromatic N) is 1. The number of rotatable bonds is 2. The van der Waals surface area contributed by atoms with Crippen LogP contribution in [-0.4, -0.2) is 42.2 Å². The van der Waals surface area contributed by atoms with E-state index in [0.717, 1.165) is 17.6 Å². The summed E-state index contributed by atoms with van der Waals surface area (Å²) in [6.45, 7) is 2.36. The molecule has 1 saturated heterocycles. The molecule has 4 heteroatoms. The van der Waals surface area contributed by atoms with E-state index in [1.165, 1.54) is 12.8 Å². The van der Waals surface area contributed by atoms with E-state index in [9.17, 15) is 4.79 Å². The molecule has 1 heterocycles. The zero-order chi connectivity index (χ0) is 7.61. The summed E-state index contributed by atoms with van der Waals surface area (Å²) in [5, 5.41) is 8.52. The predicted molar refractivity (Wildman–Crippen MR) is 37.7 cm³/mol. The van der Waals surface area contributed by atoms with Crippen molar-refractivity contribution < 1.29 is 26.8 Å². The number of halogens is 1. The summed E-state index contributed by atoms with van der Waals surface area (Å²) in [5.74, 6) is -0.676. The van der Waals surface area contributed by atoms with Crippen molar-refractivity contribution in [2.24, 2.45) is 0 Å². The predicted octanol–water partition coefficient (Wildman–Crippen LogP) is -2.68. The van der Waals surface area contributed by atoms with Gasteiger partial charge in [0.15, 0.2) is 6.54 Å². The van der Waals surface area contributed by atoms with Crippen LogP contribution in [-0.2, 0) is 4.79 Å². The maximum absolute atomic E-state index is 10.3. The van der Waals surface area contributed by atoms with Gasteiger partial charge in [-0.1, -0.05) is 0 Å². The number of likely N-dealkylation sites (tertiary alicyclic amines) is 1. The fourth-order valence-corrected chi connectivity index (χ4v) is 1.58. The van der Waals surface area contributed by atoms with Gasteiger partial charge in [0, 0.05) is 12.8 Å². The third-order valence-electron chi connectivity index (χ3n) is 2.16. The lowest BCUT2D eigenvalue weighted by molar-refractivity contribution is -0.890. The Hall–Kier alpha value is -0.280. The van der Waals surface area contributed by atoms with Crippen LogP contribution >= 0.6 is 0 Å². The smallest absolute Gasteiger partial charge is 0.359 e. The number of likely N-dealkylation sites (N-methyl/N-ethyl adjacent to an activating group) is 1. The van der Waals surface area contributed by atoms with Crippen LogP contribution in [0.2, 0.25) is 0 Å². The van der Waals surface area contributed by atoms with Crippen molar-refractivity contribution in [3.8, 4) is 0 Å². The SMILES string of the molecule is C[N+]1(CC(=O)O)CCCC1.[Cl-]. The molecule has 66 valence electrons. The van der Waals surface area contributed by atoms with Gasteiger partial charge in [-0.15, -0.1) is 0 Å². The Morgan fingerprint density at radius 2 is 1.91 bits per heavy atom. The highest BCUT2D eigenvalue weighted by Crippen LogP contribution is 2.14. The molecule has 0 saturated carbocycles. The fourth-order valence-electron chi connectivity index (χ4n) is 1.58. The lowest BCUT2D eigenvalue weighted by Gasteiger charge is -2.26. The van der Waals surface area contributed by atoms with Gasteiger partial charge in [0.2, 0.25) is 0 Å². The van der Waals surface area contributed by atoms with Crippen molar-refractivity contribution in [2.45, 2.75) is 12.8 Å². The summed E-state index contributed by atoms with van der Waals surface area (Å²) in [5.41, 5.74) is 0. The zero-order valence-electron chi connectivity index (χ0n) is 6.72. The van der Waals surface area contributed by atoms with E-state index in [0.29, 0.717) is 6.54 Å². The number of carboxylic acid groups (broad SMARTS) is 1. The van der Waals surface area contributed by atoms with Crippen molar-refractivity contribution in [3.63, 3.8) is 0 Å². The molecule has 1 aliphatic heterocycles. The van der Waals surface area contributed by atoms with Gasteiger partial charge in [0.1, 0.15) is 0 Å². The van der Waals surface area contributed by atoms with E-state index in [1.807, 2.05) is 7.05 Å². The Morgan fingerprint density at radius 3 is 2.27 bits per heavy atom. The van der Waals surface area contributed by atoms with Crippen molar-refractivity contribution in [3.05, 3.63) is 0 Å². The average Bonchev–Trinajstić information content (AvgIpc) is 2.12. The summed E-state index contributed by atoms with van der Waals surface area (Å²) in [6.07, 6.45) is 2.37. The first-order valence-electron chi connectivity index (χ1n) is 3.68. The Bertz CT molecular complexity index is 143. The van der Waals surface area contributed by atoms with Crippen molar-refractivity contribution >= 4 is 5.97 Å². The molecule has 3 nitrogen and oxygen atoms in total. The Labute approximate surface area is 73.0 Å².